The third-order valence-corrected chi connectivity index (χ3v) is 2.44. The van der Waals surface area contributed by atoms with Gasteiger partial charge in [-0.15, -0.1) is 5.10 Å². The van der Waals surface area contributed by atoms with Crippen molar-refractivity contribution in [2.75, 3.05) is 0 Å². The van der Waals surface area contributed by atoms with Crippen LogP contribution in [0.1, 0.15) is 31.9 Å². The SMILES string of the molecule is CC(C)(C)OC(=O)NCc1cccc(CN/C(N)=N/N)c1. The van der Waals surface area contributed by atoms with Crippen molar-refractivity contribution in [3.63, 3.8) is 0 Å². The largest absolute Gasteiger partial charge is 0.444 e. The van der Waals surface area contributed by atoms with E-state index in [2.05, 4.69) is 15.7 Å². The van der Waals surface area contributed by atoms with E-state index in [1.807, 2.05) is 45.0 Å². The van der Waals surface area contributed by atoms with E-state index in [0.717, 1.165) is 11.1 Å². The van der Waals surface area contributed by atoms with E-state index in [1.165, 1.54) is 0 Å². The number of hydrogen-bond donors (Lipinski definition) is 4. The van der Waals surface area contributed by atoms with Gasteiger partial charge in [0.25, 0.3) is 0 Å². The Morgan fingerprint density at radius 1 is 1.24 bits per heavy atom. The van der Waals surface area contributed by atoms with E-state index in [0.29, 0.717) is 13.1 Å². The lowest BCUT2D eigenvalue weighted by Gasteiger charge is -2.19. The maximum Gasteiger partial charge on any atom is 0.407 e. The highest BCUT2D eigenvalue weighted by atomic mass is 16.6. The Balaban J connectivity index is 2.51. The molecule has 0 atom stereocenters. The first-order chi connectivity index (χ1) is 9.80. The summed E-state index contributed by atoms with van der Waals surface area (Å²) in [5.41, 5.74) is 6.92. The molecule has 21 heavy (non-hydrogen) atoms. The summed E-state index contributed by atoms with van der Waals surface area (Å²) >= 11 is 0. The number of guanidine groups is 1. The molecule has 0 radical (unpaired) electrons. The average Bonchev–Trinajstić information content (AvgIpc) is 2.41. The van der Waals surface area contributed by atoms with Gasteiger partial charge in [-0.25, -0.2) is 4.79 Å². The molecule has 7 nitrogen and oxygen atoms in total. The van der Waals surface area contributed by atoms with Crippen LogP contribution in [0.15, 0.2) is 29.4 Å². The number of ether oxygens (including phenoxy) is 1. The van der Waals surface area contributed by atoms with Crippen molar-refractivity contribution in [2.45, 2.75) is 39.5 Å². The highest BCUT2D eigenvalue weighted by Gasteiger charge is 2.15. The van der Waals surface area contributed by atoms with E-state index < -0.39 is 11.7 Å². The number of hydrogen-bond acceptors (Lipinski definition) is 4. The number of benzene rings is 1. The molecule has 0 unspecified atom stereocenters. The molecule has 0 aliphatic carbocycles. The average molecular weight is 293 g/mol. The lowest BCUT2D eigenvalue weighted by Crippen LogP contribution is -2.32. The molecule has 1 amide bonds. The number of nitrogens with two attached hydrogens (primary N) is 2. The molecule has 1 aromatic rings. The van der Waals surface area contributed by atoms with Crippen LogP contribution in [-0.4, -0.2) is 17.7 Å². The van der Waals surface area contributed by atoms with Crippen LogP contribution in [0.5, 0.6) is 0 Å². The molecular formula is C14H23N5O2. The van der Waals surface area contributed by atoms with Crippen molar-refractivity contribution in [2.24, 2.45) is 16.7 Å². The Morgan fingerprint density at radius 3 is 2.33 bits per heavy atom. The van der Waals surface area contributed by atoms with Gasteiger partial charge in [-0.2, -0.15) is 0 Å². The number of carbonyl (C=O) groups excluding carboxylic acids is 1. The lowest BCUT2D eigenvalue weighted by molar-refractivity contribution is 0.0523. The third kappa shape index (κ3) is 7.05. The molecule has 116 valence electrons. The van der Waals surface area contributed by atoms with Crippen molar-refractivity contribution in [1.82, 2.24) is 10.6 Å². The van der Waals surface area contributed by atoms with Gasteiger partial charge in [-0.05, 0) is 31.9 Å². The minimum atomic E-state index is -0.505. The molecule has 0 spiro atoms. The number of nitrogens with zero attached hydrogens (tertiary/aromatic N) is 1. The van der Waals surface area contributed by atoms with Crippen molar-refractivity contribution in [1.29, 1.82) is 0 Å². The third-order valence-electron chi connectivity index (χ3n) is 2.44. The van der Waals surface area contributed by atoms with Gasteiger partial charge in [0.2, 0.25) is 5.96 Å². The molecule has 1 rings (SSSR count). The fourth-order valence-corrected chi connectivity index (χ4v) is 1.58. The molecule has 0 aliphatic rings. The summed E-state index contributed by atoms with van der Waals surface area (Å²) < 4.78 is 5.17. The fourth-order valence-electron chi connectivity index (χ4n) is 1.58. The van der Waals surface area contributed by atoms with Gasteiger partial charge in [0.15, 0.2) is 0 Å². The minimum absolute atomic E-state index is 0.173. The van der Waals surface area contributed by atoms with Gasteiger partial charge < -0.3 is 26.9 Å². The van der Waals surface area contributed by atoms with Crippen molar-refractivity contribution < 1.29 is 9.53 Å². The van der Waals surface area contributed by atoms with Gasteiger partial charge in [0.05, 0.1) is 0 Å². The van der Waals surface area contributed by atoms with Crippen LogP contribution in [0.4, 0.5) is 4.79 Å². The maximum atomic E-state index is 11.6. The Hall–Kier alpha value is -2.44. The molecule has 6 N–H and O–H groups in total. The van der Waals surface area contributed by atoms with E-state index in [9.17, 15) is 4.79 Å². The van der Waals surface area contributed by atoms with Gasteiger partial charge in [0.1, 0.15) is 5.60 Å². The molecule has 0 fully saturated rings. The second-order valence-electron chi connectivity index (χ2n) is 5.54. The van der Waals surface area contributed by atoms with Gasteiger partial charge in [0, 0.05) is 13.1 Å². The van der Waals surface area contributed by atoms with Crippen molar-refractivity contribution in [3.8, 4) is 0 Å². The number of nitrogens with one attached hydrogen (secondary N) is 2. The summed E-state index contributed by atoms with van der Waals surface area (Å²) in [5.74, 6) is 5.21. The minimum Gasteiger partial charge on any atom is -0.444 e. The number of alkyl carbamates (subject to hydrolysis) is 1. The van der Waals surface area contributed by atoms with Crippen molar-refractivity contribution >= 4 is 12.1 Å². The zero-order chi connectivity index (χ0) is 15.9. The zero-order valence-corrected chi connectivity index (χ0v) is 12.6. The second-order valence-corrected chi connectivity index (χ2v) is 5.54. The monoisotopic (exact) mass is 293 g/mol. The quantitative estimate of drug-likeness (QED) is 0.286. The zero-order valence-electron chi connectivity index (χ0n) is 12.6. The molecule has 0 saturated carbocycles. The summed E-state index contributed by atoms with van der Waals surface area (Å²) in [5, 5.41) is 8.90. The van der Waals surface area contributed by atoms with E-state index in [4.69, 9.17) is 16.3 Å². The van der Waals surface area contributed by atoms with Crippen LogP contribution >= 0.6 is 0 Å². The molecule has 0 saturated heterocycles. The number of amides is 1. The first-order valence-electron chi connectivity index (χ1n) is 6.62. The van der Waals surface area contributed by atoms with Crippen LogP contribution in [0.3, 0.4) is 0 Å². The molecule has 0 bridgehead atoms. The number of rotatable bonds is 4. The highest BCUT2D eigenvalue weighted by molar-refractivity contribution is 5.77. The van der Waals surface area contributed by atoms with Crippen LogP contribution in [0, 0.1) is 0 Å². The highest BCUT2D eigenvalue weighted by Crippen LogP contribution is 2.08. The Kier molecular flexibility index (Phi) is 5.83. The summed E-state index contributed by atoms with van der Waals surface area (Å²) in [7, 11) is 0. The van der Waals surface area contributed by atoms with Crippen LogP contribution in [-0.2, 0) is 17.8 Å². The van der Waals surface area contributed by atoms with Gasteiger partial charge in [-0.3, -0.25) is 0 Å². The second kappa shape index (κ2) is 7.37. The van der Waals surface area contributed by atoms with Crippen LogP contribution in [0.2, 0.25) is 0 Å². The summed E-state index contributed by atoms with van der Waals surface area (Å²) in [6.07, 6.45) is -0.439. The van der Waals surface area contributed by atoms with E-state index in [1.54, 1.807) is 0 Å². The van der Waals surface area contributed by atoms with Gasteiger partial charge >= 0.3 is 6.09 Å². The maximum absolute atomic E-state index is 11.6. The molecule has 0 aromatic heterocycles. The standard InChI is InChI=1S/C14H23N5O2/c1-14(2,3)21-13(20)18-9-11-6-4-5-10(7-11)8-17-12(15)19-16/h4-7H,8-9,16H2,1-3H3,(H,18,20)(H3,15,17,19). The van der Waals surface area contributed by atoms with Crippen molar-refractivity contribution in [3.05, 3.63) is 35.4 Å². The van der Waals surface area contributed by atoms with Crippen LogP contribution in [0.25, 0.3) is 0 Å². The smallest absolute Gasteiger partial charge is 0.407 e. The normalized spacial score (nSPS) is 11.9. The summed E-state index contributed by atoms with van der Waals surface area (Å²) in [4.78, 5) is 11.6. The van der Waals surface area contributed by atoms with Crippen LogP contribution < -0.4 is 22.2 Å². The van der Waals surface area contributed by atoms with E-state index >= 15 is 0 Å². The summed E-state index contributed by atoms with van der Waals surface area (Å²) in [6, 6.07) is 7.71. The van der Waals surface area contributed by atoms with E-state index in [-0.39, 0.29) is 5.96 Å². The topological polar surface area (TPSA) is 115 Å². The Bertz CT molecular complexity index is 508. The fraction of sp³-hybridized carbons (Fsp3) is 0.429. The predicted octanol–water partition coefficient (Wildman–Crippen LogP) is 0.989. The molecule has 0 aliphatic heterocycles. The first kappa shape index (κ1) is 16.6. The molecule has 1 aromatic carbocycles. The van der Waals surface area contributed by atoms with Gasteiger partial charge in [-0.1, -0.05) is 24.3 Å². The Labute approximate surface area is 124 Å². The summed E-state index contributed by atoms with van der Waals surface area (Å²) in [6.45, 7) is 6.36. The molecule has 7 heteroatoms. The number of hydrazone groups is 1. The lowest BCUT2D eigenvalue weighted by atomic mass is 10.1. The Morgan fingerprint density at radius 2 is 1.81 bits per heavy atom. The molecular weight excluding hydrogens is 270 g/mol. The number of carbonyl (C=O) groups is 1. The molecule has 0 heterocycles. The first-order valence-corrected chi connectivity index (χ1v) is 6.62. The predicted molar refractivity (Wildman–Crippen MR) is 82.2 cm³/mol.